The van der Waals surface area contributed by atoms with Crippen LogP contribution in [0.2, 0.25) is 0 Å². The highest BCUT2D eigenvalue weighted by Gasteiger charge is 2.40. The monoisotopic (exact) mass is 239 g/mol. The molecule has 1 aliphatic carbocycles. The molecule has 0 radical (unpaired) electrons. The second kappa shape index (κ2) is 4.60. The number of rotatable bonds is 2. The SMILES string of the molecule is CC(C(=O)OC(C)(C)C)N1CC2CCCC2C1. The highest BCUT2D eigenvalue weighted by atomic mass is 16.6. The summed E-state index contributed by atoms with van der Waals surface area (Å²) in [6, 6.07) is -0.0835. The third-order valence-electron chi connectivity index (χ3n) is 4.05. The van der Waals surface area contributed by atoms with Crippen molar-refractivity contribution >= 4 is 5.97 Å². The molecular weight excluding hydrogens is 214 g/mol. The largest absolute Gasteiger partial charge is 0.459 e. The van der Waals surface area contributed by atoms with Gasteiger partial charge in [0.05, 0.1) is 0 Å². The molecule has 0 aromatic rings. The summed E-state index contributed by atoms with van der Waals surface area (Å²) in [6.45, 7) is 9.94. The van der Waals surface area contributed by atoms with Crippen LogP contribution in [0.3, 0.4) is 0 Å². The van der Waals surface area contributed by atoms with Crippen LogP contribution in [0.25, 0.3) is 0 Å². The van der Waals surface area contributed by atoms with Crippen molar-refractivity contribution in [3.63, 3.8) is 0 Å². The van der Waals surface area contributed by atoms with Crippen LogP contribution >= 0.6 is 0 Å². The molecule has 0 spiro atoms. The van der Waals surface area contributed by atoms with E-state index >= 15 is 0 Å². The second-order valence-corrected chi connectivity index (χ2v) is 6.61. The van der Waals surface area contributed by atoms with Gasteiger partial charge in [-0.05, 0) is 52.4 Å². The van der Waals surface area contributed by atoms with Gasteiger partial charge < -0.3 is 4.74 Å². The fourth-order valence-electron chi connectivity index (χ4n) is 3.12. The van der Waals surface area contributed by atoms with Gasteiger partial charge in [0.2, 0.25) is 0 Å². The van der Waals surface area contributed by atoms with Gasteiger partial charge in [-0.1, -0.05) is 6.42 Å². The molecule has 0 amide bonds. The minimum atomic E-state index is -0.374. The molecule has 1 saturated carbocycles. The molecule has 3 nitrogen and oxygen atoms in total. The van der Waals surface area contributed by atoms with E-state index in [9.17, 15) is 4.79 Å². The van der Waals surface area contributed by atoms with Crippen molar-refractivity contribution in [1.29, 1.82) is 0 Å². The Morgan fingerprint density at radius 2 is 1.76 bits per heavy atom. The number of hydrogen-bond acceptors (Lipinski definition) is 3. The molecule has 0 aromatic carbocycles. The summed E-state index contributed by atoms with van der Waals surface area (Å²) in [6.07, 6.45) is 4.08. The molecule has 2 rings (SSSR count). The Morgan fingerprint density at radius 3 is 2.24 bits per heavy atom. The lowest BCUT2D eigenvalue weighted by molar-refractivity contribution is -0.160. The molecule has 17 heavy (non-hydrogen) atoms. The van der Waals surface area contributed by atoms with Gasteiger partial charge in [0.25, 0.3) is 0 Å². The molecule has 1 heterocycles. The van der Waals surface area contributed by atoms with Crippen molar-refractivity contribution in [2.45, 2.75) is 58.6 Å². The molecule has 3 atom stereocenters. The van der Waals surface area contributed by atoms with Crippen LogP contribution in [0.15, 0.2) is 0 Å². The molecule has 0 bridgehead atoms. The first-order valence-corrected chi connectivity index (χ1v) is 6.84. The van der Waals surface area contributed by atoms with E-state index in [0.717, 1.165) is 24.9 Å². The number of fused-ring (bicyclic) bond motifs is 1. The van der Waals surface area contributed by atoms with E-state index in [2.05, 4.69) is 4.90 Å². The van der Waals surface area contributed by atoms with E-state index < -0.39 is 0 Å². The van der Waals surface area contributed by atoms with Crippen LogP contribution in [0, 0.1) is 11.8 Å². The average molecular weight is 239 g/mol. The van der Waals surface area contributed by atoms with Crippen molar-refractivity contribution in [2.75, 3.05) is 13.1 Å². The molecule has 0 N–H and O–H groups in total. The number of likely N-dealkylation sites (tertiary alicyclic amines) is 1. The fourth-order valence-corrected chi connectivity index (χ4v) is 3.12. The molecule has 2 fully saturated rings. The van der Waals surface area contributed by atoms with Crippen LogP contribution < -0.4 is 0 Å². The van der Waals surface area contributed by atoms with Gasteiger partial charge in [-0.25, -0.2) is 0 Å². The van der Waals surface area contributed by atoms with Gasteiger partial charge in [-0.2, -0.15) is 0 Å². The summed E-state index contributed by atoms with van der Waals surface area (Å²) < 4.78 is 5.45. The summed E-state index contributed by atoms with van der Waals surface area (Å²) in [4.78, 5) is 14.3. The zero-order chi connectivity index (χ0) is 12.6. The lowest BCUT2D eigenvalue weighted by atomic mass is 10.0. The van der Waals surface area contributed by atoms with Crippen LogP contribution in [-0.2, 0) is 9.53 Å². The van der Waals surface area contributed by atoms with Gasteiger partial charge in [-0.3, -0.25) is 9.69 Å². The van der Waals surface area contributed by atoms with Gasteiger partial charge in [0.15, 0.2) is 0 Å². The molecule has 98 valence electrons. The van der Waals surface area contributed by atoms with Crippen molar-refractivity contribution in [2.24, 2.45) is 11.8 Å². The third kappa shape index (κ3) is 3.01. The number of esters is 1. The van der Waals surface area contributed by atoms with Crippen molar-refractivity contribution in [3.8, 4) is 0 Å². The molecule has 1 aliphatic heterocycles. The highest BCUT2D eigenvalue weighted by molar-refractivity contribution is 5.75. The first-order valence-electron chi connectivity index (χ1n) is 6.84. The summed E-state index contributed by atoms with van der Waals surface area (Å²) >= 11 is 0. The maximum atomic E-state index is 12.0. The maximum Gasteiger partial charge on any atom is 0.323 e. The van der Waals surface area contributed by atoms with E-state index in [1.807, 2.05) is 27.7 Å². The average Bonchev–Trinajstić information content (AvgIpc) is 2.72. The highest BCUT2D eigenvalue weighted by Crippen LogP contribution is 2.38. The Bertz CT molecular complexity index is 283. The predicted molar refractivity (Wildman–Crippen MR) is 67.7 cm³/mol. The minimum absolute atomic E-state index is 0.0718. The number of carbonyl (C=O) groups is 1. The van der Waals surface area contributed by atoms with Crippen LogP contribution in [0.5, 0.6) is 0 Å². The van der Waals surface area contributed by atoms with E-state index in [-0.39, 0.29) is 17.6 Å². The maximum absolute atomic E-state index is 12.0. The Balaban J connectivity index is 1.88. The fraction of sp³-hybridized carbons (Fsp3) is 0.929. The molecule has 3 heteroatoms. The molecule has 2 aliphatic rings. The second-order valence-electron chi connectivity index (χ2n) is 6.61. The Kier molecular flexibility index (Phi) is 3.48. The van der Waals surface area contributed by atoms with Crippen LogP contribution in [0.4, 0.5) is 0 Å². The first kappa shape index (κ1) is 12.9. The molecule has 0 aromatic heterocycles. The first-order chi connectivity index (χ1) is 7.87. The quantitative estimate of drug-likeness (QED) is 0.693. The van der Waals surface area contributed by atoms with Crippen LogP contribution in [0.1, 0.15) is 47.0 Å². The summed E-state index contributed by atoms with van der Waals surface area (Å²) in [5.41, 5.74) is -0.374. The number of ether oxygens (including phenoxy) is 1. The topological polar surface area (TPSA) is 29.5 Å². The summed E-state index contributed by atoms with van der Waals surface area (Å²) in [5, 5.41) is 0. The smallest absolute Gasteiger partial charge is 0.323 e. The molecule has 1 saturated heterocycles. The van der Waals surface area contributed by atoms with E-state index in [1.54, 1.807) is 0 Å². The molecular formula is C14H25NO2. The minimum Gasteiger partial charge on any atom is -0.459 e. The Morgan fingerprint density at radius 1 is 1.24 bits per heavy atom. The lowest BCUT2D eigenvalue weighted by Gasteiger charge is -2.27. The summed E-state index contributed by atoms with van der Waals surface area (Å²) in [5.74, 6) is 1.59. The lowest BCUT2D eigenvalue weighted by Crippen LogP contribution is -2.41. The van der Waals surface area contributed by atoms with Crippen LogP contribution in [-0.4, -0.2) is 35.6 Å². The Labute approximate surface area is 105 Å². The zero-order valence-corrected chi connectivity index (χ0v) is 11.5. The third-order valence-corrected chi connectivity index (χ3v) is 4.05. The standard InChI is InChI=1S/C14H25NO2/c1-10(13(16)17-14(2,3)4)15-8-11-6-5-7-12(11)9-15/h10-12H,5-9H2,1-4H3. The van der Waals surface area contributed by atoms with Gasteiger partial charge >= 0.3 is 5.97 Å². The van der Waals surface area contributed by atoms with E-state index in [4.69, 9.17) is 4.74 Å². The number of nitrogens with zero attached hydrogens (tertiary/aromatic N) is 1. The molecule has 3 unspecified atom stereocenters. The van der Waals surface area contributed by atoms with E-state index in [0.29, 0.717) is 0 Å². The predicted octanol–water partition coefficient (Wildman–Crippen LogP) is 2.45. The van der Waals surface area contributed by atoms with Crippen molar-refractivity contribution in [3.05, 3.63) is 0 Å². The van der Waals surface area contributed by atoms with Gasteiger partial charge in [0.1, 0.15) is 11.6 Å². The van der Waals surface area contributed by atoms with Gasteiger partial charge in [-0.15, -0.1) is 0 Å². The van der Waals surface area contributed by atoms with Crippen molar-refractivity contribution < 1.29 is 9.53 Å². The Hall–Kier alpha value is -0.570. The normalized spacial score (nSPS) is 31.3. The van der Waals surface area contributed by atoms with Gasteiger partial charge in [0, 0.05) is 13.1 Å². The number of hydrogen-bond donors (Lipinski definition) is 0. The number of carbonyl (C=O) groups excluding carboxylic acids is 1. The van der Waals surface area contributed by atoms with Crippen molar-refractivity contribution in [1.82, 2.24) is 4.90 Å². The zero-order valence-electron chi connectivity index (χ0n) is 11.5. The summed E-state index contributed by atoms with van der Waals surface area (Å²) in [7, 11) is 0. The van der Waals surface area contributed by atoms with E-state index in [1.165, 1.54) is 19.3 Å².